The monoisotopic (exact) mass is 408 g/mol. The second-order valence-corrected chi connectivity index (χ2v) is 9.29. The van der Waals surface area contributed by atoms with Crippen molar-refractivity contribution in [2.45, 2.75) is 37.2 Å². The highest BCUT2D eigenvalue weighted by Crippen LogP contribution is 2.31. The largest absolute Gasteiger partial charge is 0.368 e. The number of carbonyl (C=O) groups excluding carboxylic acids is 1. The van der Waals surface area contributed by atoms with Crippen molar-refractivity contribution in [3.05, 3.63) is 54.6 Å². The van der Waals surface area contributed by atoms with E-state index in [-0.39, 0.29) is 11.9 Å². The number of aromatic nitrogens is 2. The molecular weight excluding hydrogens is 380 g/mol. The zero-order valence-corrected chi connectivity index (χ0v) is 18.1. The Kier molecular flexibility index (Phi) is 5.81. The molecule has 1 fully saturated rings. The fourth-order valence-corrected chi connectivity index (χ4v) is 4.83. The van der Waals surface area contributed by atoms with Gasteiger partial charge in [-0.3, -0.25) is 4.79 Å². The van der Waals surface area contributed by atoms with Crippen LogP contribution in [0.3, 0.4) is 0 Å². The van der Waals surface area contributed by atoms with E-state index in [1.807, 2.05) is 36.1 Å². The van der Waals surface area contributed by atoms with Crippen molar-refractivity contribution >= 4 is 34.4 Å². The molecule has 152 valence electrons. The molecule has 4 rings (SSSR count). The Morgan fingerprint density at radius 1 is 0.931 bits per heavy atom. The van der Waals surface area contributed by atoms with Gasteiger partial charge in [0.05, 0.1) is 11.0 Å². The average molecular weight is 409 g/mol. The number of benzene rings is 2. The second kappa shape index (κ2) is 8.49. The van der Waals surface area contributed by atoms with Crippen molar-refractivity contribution in [1.29, 1.82) is 0 Å². The Morgan fingerprint density at radius 3 is 2.28 bits per heavy atom. The lowest BCUT2D eigenvalue weighted by Gasteiger charge is -2.37. The second-order valence-electron chi connectivity index (χ2n) is 7.74. The molecule has 1 aliphatic heterocycles. The summed E-state index contributed by atoms with van der Waals surface area (Å²) < 4.78 is 2.12. The van der Waals surface area contributed by atoms with Gasteiger partial charge in [-0.05, 0) is 31.2 Å². The lowest BCUT2D eigenvalue weighted by Crippen LogP contribution is -2.50. The number of anilines is 1. The van der Waals surface area contributed by atoms with Crippen molar-refractivity contribution in [2.75, 3.05) is 31.1 Å². The highest BCUT2D eigenvalue weighted by molar-refractivity contribution is 7.99. The number of amides is 1. The Balaban J connectivity index is 1.53. The smallest absolute Gasteiger partial charge is 0.245 e. The standard InChI is InChI=1S/C23H28N4OS/c1-17(2)29-23-24-20-11-7-8-12-21(20)27(23)18(3)22(28)26-15-13-25(14-16-26)19-9-5-4-6-10-19/h4-12,17-18H,13-16H2,1-3H3. The lowest BCUT2D eigenvalue weighted by atomic mass is 10.2. The molecule has 0 radical (unpaired) electrons. The number of fused-ring (bicyclic) bond motifs is 1. The first-order chi connectivity index (χ1) is 14.0. The van der Waals surface area contributed by atoms with Crippen LogP contribution in [-0.2, 0) is 4.79 Å². The Bertz CT molecular complexity index is 977. The quantitative estimate of drug-likeness (QED) is 0.585. The molecule has 2 aromatic carbocycles. The van der Waals surface area contributed by atoms with E-state index < -0.39 is 0 Å². The number of piperazine rings is 1. The molecule has 6 heteroatoms. The molecule has 0 bridgehead atoms. The first-order valence-electron chi connectivity index (χ1n) is 10.3. The molecular formula is C23H28N4OS. The van der Waals surface area contributed by atoms with Crippen LogP contribution in [-0.4, -0.2) is 51.8 Å². The maximum atomic E-state index is 13.4. The van der Waals surface area contributed by atoms with Crippen LogP contribution in [0, 0.1) is 0 Å². The van der Waals surface area contributed by atoms with E-state index in [2.05, 4.69) is 53.6 Å². The summed E-state index contributed by atoms with van der Waals surface area (Å²) in [5.41, 5.74) is 3.20. The molecule has 0 saturated carbocycles. The van der Waals surface area contributed by atoms with Gasteiger partial charge in [0, 0.05) is 37.1 Å². The van der Waals surface area contributed by atoms with Gasteiger partial charge in [0.2, 0.25) is 5.91 Å². The number of carbonyl (C=O) groups is 1. The van der Waals surface area contributed by atoms with Gasteiger partial charge in [-0.1, -0.05) is 55.9 Å². The van der Waals surface area contributed by atoms with E-state index in [4.69, 9.17) is 4.98 Å². The van der Waals surface area contributed by atoms with Gasteiger partial charge in [-0.25, -0.2) is 4.98 Å². The number of hydrogen-bond donors (Lipinski definition) is 0. The Morgan fingerprint density at radius 2 is 1.59 bits per heavy atom. The third kappa shape index (κ3) is 4.13. The third-order valence-electron chi connectivity index (χ3n) is 5.36. The number of rotatable bonds is 5. The summed E-state index contributed by atoms with van der Waals surface area (Å²) in [6, 6.07) is 18.2. The maximum Gasteiger partial charge on any atom is 0.245 e. The zero-order valence-electron chi connectivity index (χ0n) is 17.3. The predicted molar refractivity (Wildman–Crippen MR) is 121 cm³/mol. The molecule has 1 amide bonds. The van der Waals surface area contributed by atoms with Gasteiger partial charge in [0.15, 0.2) is 5.16 Å². The van der Waals surface area contributed by atoms with Crippen LogP contribution in [0.25, 0.3) is 11.0 Å². The number of hydrogen-bond acceptors (Lipinski definition) is 4. The first kappa shape index (κ1) is 19.8. The molecule has 1 atom stereocenters. The molecule has 1 aromatic heterocycles. The molecule has 5 nitrogen and oxygen atoms in total. The molecule has 1 aliphatic rings. The van der Waals surface area contributed by atoms with Crippen LogP contribution < -0.4 is 4.90 Å². The van der Waals surface area contributed by atoms with Gasteiger partial charge in [0.1, 0.15) is 6.04 Å². The summed E-state index contributed by atoms with van der Waals surface area (Å²) in [7, 11) is 0. The maximum absolute atomic E-state index is 13.4. The van der Waals surface area contributed by atoms with Crippen LogP contribution in [0.15, 0.2) is 59.8 Å². The van der Waals surface area contributed by atoms with E-state index in [1.165, 1.54) is 5.69 Å². The molecule has 0 aliphatic carbocycles. The number of imidazole rings is 1. The molecule has 0 N–H and O–H groups in total. The SMILES string of the molecule is CC(C)Sc1nc2ccccc2n1C(C)C(=O)N1CCN(c2ccccc2)CC1. The van der Waals surface area contributed by atoms with E-state index >= 15 is 0 Å². The van der Waals surface area contributed by atoms with E-state index in [9.17, 15) is 4.79 Å². The van der Waals surface area contributed by atoms with Crippen LogP contribution in [0.4, 0.5) is 5.69 Å². The Labute approximate surface area is 176 Å². The van der Waals surface area contributed by atoms with E-state index in [1.54, 1.807) is 11.8 Å². The van der Waals surface area contributed by atoms with Crippen LogP contribution in [0.5, 0.6) is 0 Å². The van der Waals surface area contributed by atoms with Crippen LogP contribution in [0.1, 0.15) is 26.8 Å². The van der Waals surface area contributed by atoms with E-state index in [0.29, 0.717) is 5.25 Å². The van der Waals surface area contributed by atoms with Gasteiger partial charge in [-0.15, -0.1) is 0 Å². The van der Waals surface area contributed by atoms with Gasteiger partial charge in [-0.2, -0.15) is 0 Å². The lowest BCUT2D eigenvalue weighted by molar-refractivity contribution is -0.134. The van der Waals surface area contributed by atoms with E-state index in [0.717, 1.165) is 42.4 Å². The first-order valence-corrected chi connectivity index (χ1v) is 11.1. The highest BCUT2D eigenvalue weighted by atomic mass is 32.2. The zero-order chi connectivity index (χ0) is 20.4. The van der Waals surface area contributed by atoms with Gasteiger partial charge in [0.25, 0.3) is 0 Å². The fourth-order valence-electron chi connectivity index (χ4n) is 3.89. The summed E-state index contributed by atoms with van der Waals surface area (Å²) in [5, 5.41) is 1.33. The minimum atomic E-state index is -0.271. The number of nitrogens with zero attached hydrogens (tertiary/aromatic N) is 4. The van der Waals surface area contributed by atoms with Crippen LogP contribution in [0.2, 0.25) is 0 Å². The highest BCUT2D eigenvalue weighted by Gasteiger charge is 2.28. The van der Waals surface area contributed by atoms with Crippen molar-refractivity contribution < 1.29 is 4.79 Å². The molecule has 0 spiro atoms. The topological polar surface area (TPSA) is 41.4 Å². The van der Waals surface area contributed by atoms with Crippen molar-refractivity contribution in [3.63, 3.8) is 0 Å². The van der Waals surface area contributed by atoms with Crippen molar-refractivity contribution in [3.8, 4) is 0 Å². The van der Waals surface area contributed by atoms with Crippen molar-refractivity contribution in [1.82, 2.24) is 14.5 Å². The molecule has 1 unspecified atom stereocenters. The predicted octanol–water partition coefficient (Wildman–Crippen LogP) is 4.45. The minimum absolute atomic E-state index is 0.173. The van der Waals surface area contributed by atoms with Gasteiger partial charge < -0.3 is 14.4 Å². The Hall–Kier alpha value is -2.47. The molecule has 29 heavy (non-hydrogen) atoms. The van der Waals surface area contributed by atoms with Gasteiger partial charge >= 0.3 is 0 Å². The molecule has 2 heterocycles. The molecule has 3 aromatic rings. The fraction of sp³-hybridized carbons (Fsp3) is 0.391. The summed E-state index contributed by atoms with van der Waals surface area (Å²) in [5.74, 6) is 0.173. The number of para-hydroxylation sites is 3. The average Bonchev–Trinajstić information content (AvgIpc) is 3.10. The minimum Gasteiger partial charge on any atom is -0.368 e. The summed E-state index contributed by atoms with van der Waals surface area (Å²) >= 11 is 1.71. The summed E-state index contributed by atoms with van der Waals surface area (Å²) in [4.78, 5) is 22.5. The third-order valence-corrected chi connectivity index (χ3v) is 6.33. The van der Waals surface area contributed by atoms with Crippen molar-refractivity contribution in [2.24, 2.45) is 0 Å². The summed E-state index contributed by atoms with van der Waals surface area (Å²) in [6.07, 6.45) is 0. The van der Waals surface area contributed by atoms with Crippen LogP contribution >= 0.6 is 11.8 Å². The number of thioether (sulfide) groups is 1. The summed E-state index contributed by atoms with van der Waals surface area (Å²) in [6.45, 7) is 9.54. The normalized spacial score (nSPS) is 15.9. The molecule has 1 saturated heterocycles.